The van der Waals surface area contributed by atoms with Crippen LogP contribution in [0.4, 0.5) is 0 Å². The Morgan fingerprint density at radius 1 is 1.29 bits per heavy atom. The van der Waals surface area contributed by atoms with Gasteiger partial charge in [0.15, 0.2) is 0 Å². The molecule has 0 aliphatic rings. The smallest absolute Gasteiger partial charge is 0.252 e. The second-order valence-corrected chi connectivity index (χ2v) is 8.61. The molecule has 136 valence electrons. The van der Waals surface area contributed by atoms with Crippen molar-refractivity contribution in [2.24, 2.45) is 5.92 Å². The molecule has 1 aromatic rings. The lowest BCUT2D eigenvalue weighted by Gasteiger charge is -2.16. The van der Waals surface area contributed by atoms with E-state index in [-0.39, 0.29) is 15.8 Å². The lowest BCUT2D eigenvalue weighted by molar-refractivity contribution is 0.0946. The lowest BCUT2D eigenvalue weighted by atomic mass is 9.99. The SMILES string of the molecule is CCCC[C@H](CC)CNC(=O)c1ccc(S(=O)(=O)N(C)C)cc1Cl. The van der Waals surface area contributed by atoms with Crippen molar-refractivity contribution in [1.29, 1.82) is 0 Å². The van der Waals surface area contributed by atoms with Gasteiger partial charge in [-0.1, -0.05) is 44.7 Å². The largest absolute Gasteiger partial charge is 0.352 e. The molecule has 24 heavy (non-hydrogen) atoms. The molecular weight excluding hydrogens is 348 g/mol. The van der Waals surface area contributed by atoms with Gasteiger partial charge in [-0.05, 0) is 30.5 Å². The zero-order valence-electron chi connectivity index (χ0n) is 14.8. The van der Waals surface area contributed by atoms with E-state index in [9.17, 15) is 13.2 Å². The fourth-order valence-electron chi connectivity index (χ4n) is 2.33. The third-order valence-electron chi connectivity index (χ3n) is 4.06. The molecule has 0 unspecified atom stereocenters. The van der Waals surface area contributed by atoms with Gasteiger partial charge in [-0.3, -0.25) is 4.79 Å². The van der Waals surface area contributed by atoms with Crippen LogP contribution in [0, 0.1) is 5.92 Å². The zero-order chi connectivity index (χ0) is 18.3. The molecule has 7 heteroatoms. The monoisotopic (exact) mass is 374 g/mol. The molecule has 1 aromatic carbocycles. The van der Waals surface area contributed by atoms with E-state index < -0.39 is 10.0 Å². The average Bonchev–Trinajstić information content (AvgIpc) is 2.54. The van der Waals surface area contributed by atoms with Crippen LogP contribution in [0.25, 0.3) is 0 Å². The number of sulfonamides is 1. The first-order valence-corrected chi connectivity index (χ1v) is 10.1. The van der Waals surface area contributed by atoms with Gasteiger partial charge in [0, 0.05) is 20.6 Å². The highest BCUT2D eigenvalue weighted by Crippen LogP contribution is 2.22. The molecule has 0 aliphatic carbocycles. The van der Waals surface area contributed by atoms with Gasteiger partial charge in [0.25, 0.3) is 5.91 Å². The number of hydrogen-bond acceptors (Lipinski definition) is 3. The van der Waals surface area contributed by atoms with Crippen molar-refractivity contribution in [2.45, 2.75) is 44.4 Å². The van der Waals surface area contributed by atoms with E-state index in [1.807, 2.05) is 0 Å². The topological polar surface area (TPSA) is 66.5 Å². The number of halogens is 1. The summed E-state index contributed by atoms with van der Waals surface area (Å²) in [4.78, 5) is 12.4. The summed E-state index contributed by atoms with van der Waals surface area (Å²) in [6.45, 7) is 4.86. The Labute approximate surface area is 150 Å². The highest BCUT2D eigenvalue weighted by molar-refractivity contribution is 7.89. The third kappa shape index (κ3) is 5.46. The van der Waals surface area contributed by atoms with Crippen LogP contribution in [0.5, 0.6) is 0 Å². The second-order valence-electron chi connectivity index (χ2n) is 6.06. The van der Waals surface area contributed by atoms with Crippen LogP contribution < -0.4 is 5.32 Å². The maximum absolute atomic E-state index is 12.3. The molecule has 1 rings (SSSR count). The Kier molecular flexibility index (Phi) is 8.19. The van der Waals surface area contributed by atoms with E-state index in [0.29, 0.717) is 18.0 Å². The van der Waals surface area contributed by atoms with Crippen molar-refractivity contribution < 1.29 is 13.2 Å². The van der Waals surface area contributed by atoms with Crippen molar-refractivity contribution in [1.82, 2.24) is 9.62 Å². The Morgan fingerprint density at radius 3 is 2.46 bits per heavy atom. The van der Waals surface area contributed by atoms with Crippen molar-refractivity contribution in [3.8, 4) is 0 Å². The van der Waals surface area contributed by atoms with Gasteiger partial charge in [-0.15, -0.1) is 0 Å². The first-order chi connectivity index (χ1) is 11.2. The molecule has 0 bridgehead atoms. The minimum absolute atomic E-state index is 0.0726. The molecule has 1 amide bonds. The molecule has 0 heterocycles. The Hall–Kier alpha value is -1.11. The zero-order valence-corrected chi connectivity index (χ0v) is 16.4. The van der Waals surface area contributed by atoms with Crippen LogP contribution >= 0.6 is 11.6 Å². The summed E-state index contributed by atoms with van der Waals surface area (Å²) >= 11 is 6.12. The molecule has 0 spiro atoms. The fraction of sp³-hybridized carbons (Fsp3) is 0.588. The van der Waals surface area contributed by atoms with E-state index in [4.69, 9.17) is 11.6 Å². The Balaban J connectivity index is 2.82. The normalized spacial score (nSPS) is 13.1. The standard InChI is InChI=1S/C17H27ClN2O3S/c1-5-7-8-13(6-2)12-19-17(21)15-10-9-14(11-16(15)18)24(22,23)20(3)4/h9-11,13H,5-8,12H2,1-4H3,(H,19,21)/t13-/m0/s1. The summed E-state index contributed by atoms with van der Waals surface area (Å²) in [7, 11) is -0.666. The number of hydrogen-bond donors (Lipinski definition) is 1. The van der Waals surface area contributed by atoms with Crippen LogP contribution in [0.1, 0.15) is 49.9 Å². The minimum Gasteiger partial charge on any atom is -0.352 e. The van der Waals surface area contributed by atoms with Crippen molar-refractivity contribution >= 4 is 27.5 Å². The predicted molar refractivity (Wildman–Crippen MR) is 98.0 cm³/mol. The quantitative estimate of drug-likeness (QED) is 0.718. The highest BCUT2D eigenvalue weighted by atomic mass is 35.5. The molecule has 0 fully saturated rings. The van der Waals surface area contributed by atoms with Crippen LogP contribution in [0.3, 0.4) is 0 Å². The lowest BCUT2D eigenvalue weighted by Crippen LogP contribution is -2.29. The average molecular weight is 375 g/mol. The summed E-state index contributed by atoms with van der Waals surface area (Å²) in [5.74, 6) is 0.171. The first kappa shape index (κ1) is 20.9. The summed E-state index contributed by atoms with van der Waals surface area (Å²) < 4.78 is 25.3. The highest BCUT2D eigenvalue weighted by Gasteiger charge is 2.20. The van der Waals surface area contributed by atoms with Crippen LogP contribution in [-0.4, -0.2) is 39.3 Å². The van der Waals surface area contributed by atoms with Crippen molar-refractivity contribution in [3.05, 3.63) is 28.8 Å². The number of amides is 1. The molecule has 1 N–H and O–H groups in total. The summed E-state index contributed by atoms with van der Waals surface area (Å²) in [6.07, 6.45) is 4.37. The third-order valence-corrected chi connectivity index (χ3v) is 6.18. The van der Waals surface area contributed by atoms with Gasteiger partial charge in [0.2, 0.25) is 10.0 Å². The van der Waals surface area contributed by atoms with Gasteiger partial charge in [0.1, 0.15) is 0 Å². The summed E-state index contributed by atoms with van der Waals surface area (Å²) in [6, 6.07) is 4.19. The molecule has 5 nitrogen and oxygen atoms in total. The molecular formula is C17H27ClN2O3S. The van der Waals surface area contributed by atoms with Gasteiger partial charge < -0.3 is 5.32 Å². The summed E-state index contributed by atoms with van der Waals surface area (Å²) in [5, 5.41) is 3.03. The molecule has 0 aliphatic heterocycles. The molecule has 1 atom stereocenters. The van der Waals surface area contributed by atoms with Crippen molar-refractivity contribution in [2.75, 3.05) is 20.6 Å². The Bertz CT molecular complexity index is 660. The van der Waals surface area contributed by atoms with Gasteiger partial charge in [-0.25, -0.2) is 12.7 Å². The number of carbonyl (C=O) groups excluding carboxylic acids is 1. The van der Waals surface area contributed by atoms with Gasteiger partial charge >= 0.3 is 0 Å². The predicted octanol–water partition coefficient (Wildman–Crippen LogP) is 3.54. The maximum Gasteiger partial charge on any atom is 0.252 e. The Morgan fingerprint density at radius 2 is 1.96 bits per heavy atom. The van der Waals surface area contributed by atoms with E-state index in [1.165, 1.54) is 32.3 Å². The van der Waals surface area contributed by atoms with Crippen LogP contribution in [0.2, 0.25) is 5.02 Å². The summed E-state index contributed by atoms with van der Waals surface area (Å²) in [5.41, 5.74) is 0.291. The molecule has 0 saturated heterocycles. The number of rotatable bonds is 9. The number of carbonyl (C=O) groups is 1. The fourth-order valence-corrected chi connectivity index (χ4v) is 3.59. The number of unbranched alkanes of at least 4 members (excludes halogenated alkanes) is 1. The van der Waals surface area contributed by atoms with Crippen molar-refractivity contribution in [3.63, 3.8) is 0 Å². The van der Waals surface area contributed by atoms with E-state index in [0.717, 1.165) is 30.0 Å². The second kappa shape index (κ2) is 9.39. The van der Waals surface area contributed by atoms with Crippen LogP contribution in [0.15, 0.2) is 23.1 Å². The van der Waals surface area contributed by atoms with E-state index >= 15 is 0 Å². The maximum atomic E-state index is 12.3. The number of benzene rings is 1. The van der Waals surface area contributed by atoms with E-state index in [1.54, 1.807) is 0 Å². The van der Waals surface area contributed by atoms with E-state index in [2.05, 4.69) is 19.2 Å². The molecule has 0 aromatic heterocycles. The van der Waals surface area contributed by atoms with Gasteiger partial charge in [0.05, 0.1) is 15.5 Å². The molecule has 0 saturated carbocycles. The van der Waals surface area contributed by atoms with Crippen LogP contribution in [-0.2, 0) is 10.0 Å². The minimum atomic E-state index is -3.56. The number of nitrogens with one attached hydrogen (secondary N) is 1. The molecule has 0 radical (unpaired) electrons. The number of nitrogens with zero attached hydrogens (tertiary/aromatic N) is 1. The van der Waals surface area contributed by atoms with Gasteiger partial charge in [-0.2, -0.15) is 0 Å². The first-order valence-electron chi connectivity index (χ1n) is 8.24.